The van der Waals surface area contributed by atoms with Gasteiger partial charge in [-0.1, -0.05) is 146 Å². The largest absolute Gasteiger partial charge is 0.455 e. The van der Waals surface area contributed by atoms with Gasteiger partial charge in [0.25, 0.3) is 0 Å². The molecule has 7 aromatic carbocycles. The van der Waals surface area contributed by atoms with Crippen LogP contribution in [0, 0.1) is 0 Å². The molecule has 0 amide bonds. The Morgan fingerprint density at radius 2 is 1.25 bits per heavy atom. The van der Waals surface area contributed by atoms with E-state index in [9.17, 15) is 0 Å². The smallest absolute Gasteiger partial charge is 0.143 e. The Bertz CT molecular complexity index is 2650. The molecular weight excluding hydrogens is 667 g/mol. The lowest BCUT2D eigenvalue weighted by atomic mass is 9.92. The first kappa shape index (κ1) is 33.0. The van der Waals surface area contributed by atoms with E-state index in [0.29, 0.717) is 5.84 Å². The van der Waals surface area contributed by atoms with Crippen molar-refractivity contribution < 1.29 is 4.42 Å². The monoisotopic (exact) mass is 707 g/mol. The number of aliphatic imine (C=N–C) groups is 1. The normalized spacial score (nSPS) is 15.2. The number of hydrogen-bond donors (Lipinski definition) is 2. The number of rotatable bonds is 8. The van der Waals surface area contributed by atoms with Crippen molar-refractivity contribution >= 4 is 37.8 Å². The average molecular weight is 708 g/mol. The van der Waals surface area contributed by atoms with Gasteiger partial charge in [-0.25, -0.2) is 4.99 Å². The molecule has 1 aromatic heterocycles. The number of furan rings is 1. The van der Waals surface area contributed by atoms with Gasteiger partial charge in [-0.3, -0.25) is 5.32 Å². The van der Waals surface area contributed by atoms with Crippen LogP contribution in [0.4, 0.5) is 0 Å². The summed E-state index contributed by atoms with van der Waals surface area (Å²) in [5, 5.41) is 6.15. The van der Waals surface area contributed by atoms with Crippen molar-refractivity contribution in [2.75, 3.05) is 12.5 Å². The van der Waals surface area contributed by atoms with Crippen molar-refractivity contribution in [3.05, 3.63) is 180 Å². The highest BCUT2D eigenvalue weighted by atomic mass is 32.3. The predicted octanol–water partition coefficient (Wildman–Crippen LogP) is 12.1. The molecule has 4 nitrogen and oxygen atoms in total. The summed E-state index contributed by atoms with van der Waals surface area (Å²) in [7, 11) is -1.31. The molecule has 2 unspecified atom stereocenters. The molecule has 1 aliphatic heterocycles. The first-order valence-electron chi connectivity index (χ1n) is 18.1. The minimum Gasteiger partial charge on any atom is -0.455 e. The van der Waals surface area contributed by atoms with Gasteiger partial charge in [0.2, 0.25) is 0 Å². The van der Waals surface area contributed by atoms with E-state index in [0.717, 1.165) is 49.8 Å². The van der Waals surface area contributed by atoms with Crippen LogP contribution >= 0.6 is 10.0 Å². The molecule has 2 heterocycles. The Balaban J connectivity index is 1.15. The maximum absolute atomic E-state index is 6.79. The maximum Gasteiger partial charge on any atom is 0.143 e. The Hall–Kier alpha value is -5.88. The number of nitrogens with one attached hydrogen (secondary N) is 1. The van der Waals surface area contributed by atoms with Gasteiger partial charge in [0.1, 0.15) is 23.2 Å². The van der Waals surface area contributed by atoms with Crippen LogP contribution in [0.15, 0.2) is 183 Å². The van der Waals surface area contributed by atoms with Crippen LogP contribution in [-0.4, -0.2) is 18.3 Å². The molecule has 260 valence electrons. The zero-order chi connectivity index (χ0) is 36.1. The Morgan fingerprint density at radius 3 is 1.98 bits per heavy atom. The molecule has 0 radical (unpaired) electrons. The van der Waals surface area contributed by atoms with E-state index in [1.807, 2.05) is 42.5 Å². The summed E-state index contributed by atoms with van der Waals surface area (Å²) in [5.41, 5.74) is 19.0. The summed E-state index contributed by atoms with van der Waals surface area (Å²) in [5.74, 6) is 0.495. The summed E-state index contributed by atoms with van der Waals surface area (Å²) in [6.45, 7) is 2.21. The molecule has 2 atom stereocenters. The fraction of sp³-hybridized carbons (Fsp3) is 0.104. The van der Waals surface area contributed by atoms with Crippen molar-refractivity contribution in [2.24, 2.45) is 10.7 Å². The van der Waals surface area contributed by atoms with Crippen LogP contribution in [0.2, 0.25) is 0 Å². The first-order valence-corrected chi connectivity index (χ1v) is 20.5. The number of hydrogen-bond acceptors (Lipinski definition) is 3. The van der Waals surface area contributed by atoms with E-state index in [2.05, 4.69) is 146 Å². The van der Waals surface area contributed by atoms with Gasteiger partial charge >= 0.3 is 0 Å². The predicted molar refractivity (Wildman–Crippen MR) is 224 cm³/mol. The molecule has 0 fully saturated rings. The highest BCUT2D eigenvalue weighted by Gasteiger charge is 2.33. The summed E-state index contributed by atoms with van der Waals surface area (Å²) in [6, 6.07) is 57.7. The summed E-state index contributed by atoms with van der Waals surface area (Å²) < 4.78 is 6.61. The van der Waals surface area contributed by atoms with E-state index in [1.54, 1.807) is 0 Å². The average Bonchev–Trinajstić information content (AvgIpc) is 3.69. The van der Waals surface area contributed by atoms with Crippen LogP contribution in [0.25, 0.3) is 55.3 Å². The van der Waals surface area contributed by atoms with Crippen LogP contribution in [0.3, 0.4) is 0 Å². The molecule has 8 aromatic rings. The lowest BCUT2D eigenvalue weighted by Gasteiger charge is -2.30. The first-order chi connectivity index (χ1) is 25.9. The molecule has 9 rings (SSSR count). The summed E-state index contributed by atoms with van der Waals surface area (Å²) in [6.07, 6.45) is 4.42. The van der Waals surface area contributed by atoms with Gasteiger partial charge in [-0.05, 0) is 76.6 Å². The SMILES string of the molecule is CC(NC(N=C(N)c1ccccc1)c1ccc2c(c1)S(C)(C)c1cc(-c3ccccc3)ccc1-2)c1ccc2c(oc3ccccc32)c1-c1ccccc1. The van der Waals surface area contributed by atoms with Crippen molar-refractivity contribution in [2.45, 2.75) is 28.9 Å². The molecule has 3 N–H and O–H groups in total. The van der Waals surface area contributed by atoms with Crippen LogP contribution in [0.1, 0.15) is 35.8 Å². The third kappa shape index (κ3) is 5.83. The summed E-state index contributed by atoms with van der Waals surface area (Å²) >= 11 is 0. The van der Waals surface area contributed by atoms with Gasteiger partial charge < -0.3 is 10.2 Å². The second-order valence-corrected chi connectivity index (χ2v) is 17.7. The van der Waals surface area contributed by atoms with E-state index in [1.165, 1.54) is 32.0 Å². The summed E-state index contributed by atoms with van der Waals surface area (Å²) in [4.78, 5) is 8.02. The molecular formula is C48H41N3OS. The number of nitrogens with two attached hydrogens (primary N) is 1. The molecule has 53 heavy (non-hydrogen) atoms. The number of para-hydroxylation sites is 1. The Kier molecular flexibility index (Phi) is 8.26. The molecule has 0 spiro atoms. The van der Waals surface area contributed by atoms with Gasteiger partial charge in [0.15, 0.2) is 0 Å². The molecule has 0 bridgehead atoms. The third-order valence-electron chi connectivity index (χ3n) is 10.7. The Labute approximate surface area is 312 Å². The van der Waals surface area contributed by atoms with Gasteiger partial charge in [0, 0.05) is 37.7 Å². The molecule has 0 saturated carbocycles. The number of benzene rings is 7. The quantitative estimate of drug-likeness (QED) is 0.122. The van der Waals surface area contributed by atoms with E-state index >= 15 is 0 Å². The minimum atomic E-state index is -1.31. The fourth-order valence-electron chi connectivity index (χ4n) is 7.87. The lowest BCUT2D eigenvalue weighted by molar-refractivity contribution is 0.480. The van der Waals surface area contributed by atoms with Crippen LogP contribution < -0.4 is 11.1 Å². The van der Waals surface area contributed by atoms with E-state index < -0.39 is 16.2 Å². The molecule has 5 heteroatoms. The zero-order valence-corrected chi connectivity index (χ0v) is 30.9. The number of amidine groups is 1. The van der Waals surface area contributed by atoms with Crippen molar-refractivity contribution in [1.82, 2.24) is 5.32 Å². The van der Waals surface area contributed by atoms with Crippen molar-refractivity contribution in [3.63, 3.8) is 0 Å². The minimum absolute atomic E-state index is 0.112. The second-order valence-electron chi connectivity index (χ2n) is 14.2. The van der Waals surface area contributed by atoms with E-state index in [-0.39, 0.29) is 6.04 Å². The van der Waals surface area contributed by atoms with Gasteiger partial charge in [-0.15, -0.1) is 0 Å². The Morgan fingerprint density at radius 1 is 0.623 bits per heavy atom. The van der Waals surface area contributed by atoms with E-state index in [4.69, 9.17) is 15.1 Å². The standard InChI is InChI=1S/C48H41N3OS/c1-31(37-27-28-41-38-21-13-14-22-42(38)52-46(41)45(37)33-17-9-5-10-18-33)50-48(51-47(49)34-19-11-6-12-20-34)36-24-26-40-39-25-23-35(32-15-7-4-8-16-32)29-43(39)53(2,3)44(40)30-36/h4-31,48,50H,1-3H3,(H2,49,51). The maximum atomic E-state index is 6.79. The molecule has 0 saturated heterocycles. The second kappa shape index (κ2) is 13.3. The highest BCUT2D eigenvalue weighted by molar-refractivity contribution is 8.33. The van der Waals surface area contributed by atoms with Crippen LogP contribution in [0.5, 0.6) is 0 Å². The highest BCUT2D eigenvalue weighted by Crippen LogP contribution is 2.68. The lowest BCUT2D eigenvalue weighted by Crippen LogP contribution is -2.27. The fourth-order valence-corrected chi connectivity index (χ4v) is 10.4. The van der Waals surface area contributed by atoms with Crippen molar-refractivity contribution in [3.8, 4) is 33.4 Å². The molecule has 0 aliphatic carbocycles. The van der Waals surface area contributed by atoms with Gasteiger partial charge in [0.05, 0.1) is 0 Å². The topological polar surface area (TPSA) is 63.5 Å². The number of nitrogens with zero attached hydrogens (tertiary/aromatic N) is 1. The number of fused-ring (bicyclic) bond motifs is 6. The van der Waals surface area contributed by atoms with Crippen LogP contribution in [-0.2, 0) is 0 Å². The molecule has 1 aliphatic rings. The van der Waals surface area contributed by atoms with Crippen molar-refractivity contribution in [1.29, 1.82) is 0 Å². The zero-order valence-electron chi connectivity index (χ0n) is 30.1. The van der Waals surface area contributed by atoms with Gasteiger partial charge in [-0.2, -0.15) is 10.0 Å². The third-order valence-corrected chi connectivity index (χ3v) is 13.5.